The van der Waals surface area contributed by atoms with E-state index in [0.29, 0.717) is 12.1 Å². The highest BCUT2D eigenvalue weighted by atomic mass is 16.5. The summed E-state index contributed by atoms with van der Waals surface area (Å²) in [6.07, 6.45) is 4.70. The number of amides is 1. The van der Waals surface area contributed by atoms with E-state index in [4.69, 9.17) is 9.47 Å². The highest BCUT2D eigenvalue weighted by Crippen LogP contribution is 2.37. The zero-order chi connectivity index (χ0) is 22.2. The third kappa shape index (κ3) is 5.03. The van der Waals surface area contributed by atoms with Crippen LogP contribution in [0, 0.1) is 11.3 Å². The van der Waals surface area contributed by atoms with Gasteiger partial charge in [-0.15, -0.1) is 0 Å². The molecule has 0 saturated carbocycles. The van der Waals surface area contributed by atoms with Gasteiger partial charge in [0, 0.05) is 6.54 Å². The SMILES string of the molecule is COc1cc(/C=C/C=C(\C#N)C(=O)NCc2cccc3ccccc23)cc(OC)c1O. The summed E-state index contributed by atoms with van der Waals surface area (Å²) in [5.74, 6) is -0.0307. The molecule has 3 rings (SSSR count). The van der Waals surface area contributed by atoms with Crippen LogP contribution < -0.4 is 14.8 Å². The maximum atomic E-state index is 12.5. The van der Waals surface area contributed by atoms with Crippen LogP contribution >= 0.6 is 0 Å². The predicted molar refractivity (Wildman–Crippen MR) is 120 cm³/mol. The summed E-state index contributed by atoms with van der Waals surface area (Å²) >= 11 is 0. The largest absolute Gasteiger partial charge is 0.502 e. The van der Waals surface area contributed by atoms with Crippen LogP contribution in [0.4, 0.5) is 0 Å². The van der Waals surface area contributed by atoms with Crippen LogP contribution in [0.5, 0.6) is 17.2 Å². The maximum Gasteiger partial charge on any atom is 0.262 e. The quantitative estimate of drug-likeness (QED) is 0.341. The molecular weight excluding hydrogens is 392 g/mol. The molecular formula is C25H22N2O4. The number of fused-ring (bicyclic) bond motifs is 1. The van der Waals surface area contributed by atoms with Gasteiger partial charge in [-0.25, -0.2) is 0 Å². The zero-order valence-electron chi connectivity index (χ0n) is 17.3. The van der Waals surface area contributed by atoms with Crippen molar-refractivity contribution in [3.05, 3.63) is 83.4 Å². The molecule has 0 aromatic heterocycles. The number of hydrogen-bond acceptors (Lipinski definition) is 5. The Bertz CT molecular complexity index is 1180. The Morgan fingerprint density at radius 1 is 1.10 bits per heavy atom. The highest BCUT2D eigenvalue weighted by molar-refractivity contribution is 5.98. The van der Waals surface area contributed by atoms with E-state index in [1.54, 1.807) is 24.3 Å². The summed E-state index contributed by atoms with van der Waals surface area (Å²) in [5.41, 5.74) is 1.63. The van der Waals surface area contributed by atoms with Crippen molar-refractivity contribution in [1.29, 1.82) is 5.26 Å². The van der Waals surface area contributed by atoms with Crippen molar-refractivity contribution >= 4 is 22.8 Å². The fraction of sp³-hybridized carbons (Fsp3) is 0.120. The lowest BCUT2D eigenvalue weighted by atomic mass is 10.0. The van der Waals surface area contributed by atoms with Crippen molar-refractivity contribution in [2.24, 2.45) is 0 Å². The standard InChI is InChI=1S/C25H22N2O4/c1-30-22-13-17(14-23(31-2)24(22)28)7-5-10-19(15-26)25(29)27-16-20-11-6-9-18-8-3-4-12-21(18)20/h3-14,28H,16H2,1-2H3,(H,27,29)/b7-5+,19-10+. The number of hydrogen-bond donors (Lipinski definition) is 2. The Balaban J connectivity index is 1.73. The summed E-state index contributed by atoms with van der Waals surface area (Å²) in [6.45, 7) is 0.315. The highest BCUT2D eigenvalue weighted by Gasteiger charge is 2.11. The van der Waals surface area contributed by atoms with E-state index in [1.807, 2.05) is 48.5 Å². The van der Waals surface area contributed by atoms with Gasteiger partial charge in [0.05, 0.1) is 14.2 Å². The molecule has 3 aromatic carbocycles. The summed E-state index contributed by atoms with van der Waals surface area (Å²) in [7, 11) is 2.88. The molecule has 0 saturated heterocycles. The van der Waals surface area contributed by atoms with Gasteiger partial charge in [0.25, 0.3) is 5.91 Å². The topological polar surface area (TPSA) is 91.6 Å². The molecule has 2 N–H and O–H groups in total. The molecule has 31 heavy (non-hydrogen) atoms. The van der Waals surface area contributed by atoms with Crippen LogP contribution in [0.3, 0.4) is 0 Å². The third-order valence-electron chi connectivity index (χ3n) is 4.74. The van der Waals surface area contributed by atoms with E-state index in [0.717, 1.165) is 16.3 Å². The van der Waals surface area contributed by atoms with Crippen molar-refractivity contribution in [2.45, 2.75) is 6.54 Å². The smallest absolute Gasteiger partial charge is 0.262 e. The Morgan fingerprint density at radius 3 is 2.45 bits per heavy atom. The van der Waals surface area contributed by atoms with Crippen LogP contribution in [-0.4, -0.2) is 25.2 Å². The van der Waals surface area contributed by atoms with Gasteiger partial charge in [-0.1, -0.05) is 54.6 Å². The van der Waals surface area contributed by atoms with Gasteiger partial charge >= 0.3 is 0 Å². The minimum atomic E-state index is -0.457. The second-order valence-electron chi connectivity index (χ2n) is 6.65. The molecule has 0 atom stereocenters. The number of nitrogens with one attached hydrogen (secondary N) is 1. The number of nitriles is 1. The van der Waals surface area contributed by atoms with Gasteiger partial charge in [0.2, 0.25) is 5.75 Å². The molecule has 0 unspecified atom stereocenters. The van der Waals surface area contributed by atoms with Crippen molar-refractivity contribution < 1.29 is 19.4 Å². The first kappa shape index (κ1) is 21.5. The van der Waals surface area contributed by atoms with E-state index in [9.17, 15) is 15.2 Å². The minimum absolute atomic E-state index is 0.0193. The Kier molecular flexibility index (Phi) is 6.92. The van der Waals surface area contributed by atoms with Crippen LogP contribution in [0.2, 0.25) is 0 Å². The van der Waals surface area contributed by atoms with Gasteiger partial charge in [-0.2, -0.15) is 5.26 Å². The van der Waals surface area contributed by atoms with E-state index in [1.165, 1.54) is 20.3 Å². The molecule has 3 aromatic rings. The van der Waals surface area contributed by atoms with E-state index in [2.05, 4.69) is 5.32 Å². The lowest BCUT2D eigenvalue weighted by Crippen LogP contribution is -2.24. The molecule has 0 aliphatic heterocycles. The first-order valence-electron chi connectivity index (χ1n) is 9.55. The van der Waals surface area contributed by atoms with E-state index in [-0.39, 0.29) is 22.8 Å². The minimum Gasteiger partial charge on any atom is -0.502 e. The Labute approximate surface area is 180 Å². The molecule has 0 radical (unpaired) electrons. The van der Waals surface area contributed by atoms with Gasteiger partial charge in [-0.3, -0.25) is 4.79 Å². The summed E-state index contributed by atoms with van der Waals surface area (Å²) in [4.78, 5) is 12.5. The fourth-order valence-corrected chi connectivity index (χ4v) is 3.15. The molecule has 0 spiro atoms. The Morgan fingerprint density at radius 2 is 1.77 bits per heavy atom. The number of ether oxygens (including phenoxy) is 2. The number of aromatic hydroxyl groups is 1. The van der Waals surface area contributed by atoms with Crippen molar-refractivity contribution in [1.82, 2.24) is 5.32 Å². The number of benzene rings is 3. The van der Waals surface area contributed by atoms with Crippen molar-refractivity contribution in [3.8, 4) is 23.3 Å². The molecule has 0 aliphatic rings. The molecule has 0 heterocycles. The second-order valence-corrected chi connectivity index (χ2v) is 6.65. The number of phenolic OH excluding ortho intramolecular Hbond substituents is 1. The number of allylic oxidation sites excluding steroid dienone is 2. The molecule has 6 nitrogen and oxygen atoms in total. The van der Waals surface area contributed by atoms with Gasteiger partial charge < -0.3 is 19.9 Å². The average Bonchev–Trinajstić information content (AvgIpc) is 2.81. The van der Waals surface area contributed by atoms with Crippen molar-refractivity contribution in [2.75, 3.05) is 14.2 Å². The number of carbonyl (C=O) groups excluding carboxylic acids is 1. The van der Waals surface area contributed by atoms with Crippen LogP contribution in [0.25, 0.3) is 16.8 Å². The van der Waals surface area contributed by atoms with Gasteiger partial charge in [0.1, 0.15) is 11.6 Å². The second kappa shape index (κ2) is 9.99. The average molecular weight is 414 g/mol. The lowest BCUT2D eigenvalue weighted by molar-refractivity contribution is -0.117. The first-order chi connectivity index (χ1) is 15.1. The lowest BCUT2D eigenvalue weighted by Gasteiger charge is -2.09. The zero-order valence-corrected chi connectivity index (χ0v) is 17.3. The van der Waals surface area contributed by atoms with Gasteiger partial charge in [0.15, 0.2) is 11.5 Å². The molecule has 1 amide bonds. The van der Waals surface area contributed by atoms with Crippen LogP contribution in [-0.2, 0) is 11.3 Å². The number of nitrogens with zero attached hydrogens (tertiary/aromatic N) is 1. The number of phenols is 1. The molecule has 6 heteroatoms. The monoisotopic (exact) mass is 414 g/mol. The van der Waals surface area contributed by atoms with Crippen molar-refractivity contribution in [3.63, 3.8) is 0 Å². The van der Waals surface area contributed by atoms with E-state index >= 15 is 0 Å². The van der Waals surface area contributed by atoms with Crippen LogP contribution in [0.15, 0.2) is 72.3 Å². The molecule has 0 aliphatic carbocycles. The maximum absolute atomic E-state index is 12.5. The number of methoxy groups -OCH3 is 2. The number of carbonyl (C=O) groups is 1. The summed E-state index contributed by atoms with van der Waals surface area (Å²) in [5, 5.41) is 24.3. The normalized spacial score (nSPS) is 11.3. The summed E-state index contributed by atoms with van der Waals surface area (Å²) in [6, 6.07) is 19.0. The molecule has 156 valence electrons. The molecule has 0 fully saturated rings. The summed E-state index contributed by atoms with van der Waals surface area (Å²) < 4.78 is 10.2. The predicted octanol–water partition coefficient (Wildman–Crippen LogP) is 4.34. The van der Waals surface area contributed by atoms with Gasteiger partial charge in [-0.05, 0) is 40.1 Å². The Hall–Kier alpha value is -4.24. The van der Waals surface area contributed by atoms with E-state index < -0.39 is 5.91 Å². The third-order valence-corrected chi connectivity index (χ3v) is 4.74. The molecule has 0 bridgehead atoms. The first-order valence-corrected chi connectivity index (χ1v) is 9.55. The number of rotatable bonds is 7. The van der Waals surface area contributed by atoms with Crippen LogP contribution in [0.1, 0.15) is 11.1 Å². The fourth-order valence-electron chi connectivity index (χ4n) is 3.15.